The SMILES string of the molecule is CCCCC/C=C/C/C=C/CCCCCCCCCC(=O)O[C@H](COC(=O)CCCCCCCCCCC/C=C/CCCCCC)COP(=O)(O)O. The molecule has 0 rings (SSSR count). The van der Waals surface area contributed by atoms with Crippen LogP contribution in [0, 0.1) is 0 Å². The molecule has 0 aromatic heterocycles. The minimum absolute atomic E-state index is 0.203. The summed E-state index contributed by atoms with van der Waals surface area (Å²) in [6.45, 7) is 3.65. The van der Waals surface area contributed by atoms with Crippen LogP contribution < -0.4 is 0 Å². The van der Waals surface area contributed by atoms with E-state index in [-0.39, 0.29) is 19.4 Å². The molecule has 1 atom stereocenters. The molecule has 52 heavy (non-hydrogen) atoms. The highest BCUT2D eigenvalue weighted by molar-refractivity contribution is 7.46. The number of hydrogen-bond acceptors (Lipinski definition) is 6. The van der Waals surface area contributed by atoms with E-state index in [2.05, 4.69) is 54.8 Å². The third kappa shape index (κ3) is 41.0. The predicted molar refractivity (Wildman–Crippen MR) is 216 cm³/mol. The van der Waals surface area contributed by atoms with Gasteiger partial charge in [-0.3, -0.25) is 14.1 Å². The first-order chi connectivity index (χ1) is 25.3. The van der Waals surface area contributed by atoms with Gasteiger partial charge in [0.2, 0.25) is 0 Å². The van der Waals surface area contributed by atoms with Crippen LogP contribution in [0.2, 0.25) is 0 Å². The second-order valence-corrected chi connectivity index (χ2v) is 15.5. The van der Waals surface area contributed by atoms with E-state index in [1.807, 2.05) is 0 Å². The third-order valence-corrected chi connectivity index (χ3v) is 9.62. The number of rotatable bonds is 39. The summed E-state index contributed by atoms with van der Waals surface area (Å²) in [6.07, 6.45) is 45.7. The number of allylic oxidation sites excluding steroid dienone is 6. The molecule has 0 aliphatic carbocycles. The summed E-state index contributed by atoms with van der Waals surface area (Å²) in [4.78, 5) is 42.9. The topological polar surface area (TPSA) is 119 Å². The molecule has 0 aliphatic heterocycles. The molecular weight excluding hydrogens is 675 g/mol. The zero-order valence-electron chi connectivity index (χ0n) is 33.5. The average Bonchev–Trinajstić information content (AvgIpc) is 3.11. The first kappa shape index (κ1) is 50.3. The number of unbranched alkanes of at least 4 members (excludes halogenated alkanes) is 23. The van der Waals surface area contributed by atoms with Crippen molar-refractivity contribution in [3.8, 4) is 0 Å². The fourth-order valence-corrected chi connectivity index (χ4v) is 6.29. The van der Waals surface area contributed by atoms with Crippen molar-refractivity contribution in [3.63, 3.8) is 0 Å². The lowest BCUT2D eigenvalue weighted by Crippen LogP contribution is -2.29. The highest BCUT2D eigenvalue weighted by Gasteiger charge is 2.22. The van der Waals surface area contributed by atoms with E-state index in [9.17, 15) is 14.2 Å². The Kier molecular flexibility index (Phi) is 37.7. The summed E-state index contributed by atoms with van der Waals surface area (Å²) < 4.78 is 26.4. The van der Waals surface area contributed by atoms with E-state index < -0.39 is 32.5 Å². The van der Waals surface area contributed by atoms with Crippen LogP contribution in [-0.2, 0) is 28.2 Å². The summed E-state index contributed by atoms with van der Waals surface area (Å²) in [5.74, 6) is -0.892. The highest BCUT2D eigenvalue weighted by Crippen LogP contribution is 2.36. The largest absolute Gasteiger partial charge is 0.469 e. The van der Waals surface area contributed by atoms with Gasteiger partial charge in [-0.15, -0.1) is 0 Å². The average molecular weight is 755 g/mol. The lowest BCUT2D eigenvalue weighted by molar-refractivity contribution is -0.161. The Morgan fingerprint density at radius 3 is 1.33 bits per heavy atom. The Labute approximate surface area is 319 Å². The first-order valence-corrected chi connectivity index (χ1v) is 22.8. The molecule has 0 fully saturated rings. The first-order valence-electron chi connectivity index (χ1n) is 21.3. The van der Waals surface area contributed by atoms with E-state index in [1.165, 1.54) is 122 Å². The van der Waals surface area contributed by atoms with Crippen LogP contribution in [0.4, 0.5) is 0 Å². The van der Waals surface area contributed by atoms with E-state index in [0.717, 1.165) is 51.4 Å². The molecule has 0 aromatic carbocycles. The zero-order chi connectivity index (χ0) is 38.2. The molecule has 0 spiro atoms. The summed E-state index contributed by atoms with van der Waals surface area (Å²) >= 11 is 0. The molecule has 2 N–H and O–H groups in total. The molecule has 8 nitrogen and oxygen atoms in total. The van der Waals surface area contributed by atoms with Crippen LogP contribution in [0.1, 0.15) is 206 Å². The molecule has 0 aromatic rings. The summed E-state index contributed by atoms with van der Waals surface area (Å²) in [7, 11) is -4.76. The van der Waals surface area contributed by atoms with Crippen LogP contribution in [0.25, 0.3) is 0 Å². The van der Waals surface area contributed by atoms with Crippen molar-refractivity contribution in [2.45, 2.75) is 213 Å². The number of hydrogen-bond donors (Lipinski definition) is 2. The number of phosphoric ester groups is 1. The smallest absolute Gasteiger partial charge is 0.462 e. The van der Waals surface area contributed by atoms with Crippen molar-refractivity contribution in [1.82, 2.24) is 0 Å². The maximum absolute atomic E-state index is 12.4. The molecule has 0 amide bonds. The second kappa shape index (κ2) is 39.0. The maximum Gasteiger partial charge on any atom is 0.469 e. The van der Waals surface area contributed by atoms with Gasteiger partial charge in [0.15, 0.2) is 6.10 Å². The third-order valence-electron chi connectivity index (χ3n) is 9.13. The summed E-state index contributed by atoms with van der Waals surface area (Å²) in [5.41, 5.74) is 0. The van der Waals surface area contributed by atoms with Gasteiger partial charge in [0.05, 0.1) is 6.61 Å². The van der Waals surface area contributed by atoms with E-state index in [0.29, 0.717) is 6.42 Å². The van der Waals surface area contributed by atoms with Gasteiger partial charge in [0.1, 0.15) is 6.61 Å². The lowest BCUT2D eigenvalue weighted by Gasteiger charge is -2.18. The van der Waals surface area contributed by atoms with Gasteiger partial charge in [-0.25, -0.2) is 4.57 Å². The fourth-order valence-electron chi connectivity index (χ4n) is 5.93. The molecule has 0 saturated carbocycles. The number of esters is 2. The molecule has 0 unspecified atom stereocenters. The summed E-state index contributed by atoms with van der Waals surface area (Å²) in [6, 6.07) is 0. The van der Waals surface area contributed by atoms with Crippen LogP contribution in [0.3, 0.4) is 0 Å². The van der Waals surface area contributed by atoms with Gasteiger partial charge >= 0.3 is 19.8 Å². The van der Waals surface area contributed by atoms with E-state index >= 15 is 0 Å². The second-order valence-electron chi connectivity index (χ2n) is 14.3. The Hall–Kier alpha value is -1.73. The lowest BCUT2D eigenvalue weighted by atomic mass is 10.1. The van der Waals surface area contributed by atoms with Crippen LogP contribution in [-0.4, -0.2) is 41.0 Å². The normalized spacial score (nSPS) is 12.8. The van der Waals surface area contributed by atoms with Gasteiger partial charge in [-0.2, -0.15) is 0 Å². The Morgan fingerprint density at radius 1 is 0.500 bits per heavy atom. The van der Waals surface area contributed by atoms with Crippen molar-refractivity contribution in [2.75, 3.05) is 13.2 Å². The van der Waals surface area contributed by atoms with Crippen LogP contribution in [0.15, 0.2) is 36.5 Å². The molecule has 0 aliphatic rings. The number of phosphoric acid groups is 1. The molecule has 0 heterocycles. The Morgan fingerprint density at radius 2 is 0.865 bits per heavy atom. The highest BCUT2D eigenvalue weighted by atomic mass is 31.2. The van der Waals surface area contributed by atoms with Crippen molar-refractivity contribution < 1.29 is 37.9 Å². The summed E-state index contributed by atoms with van der Waals surface area (Å²) in [5, 5.41) is 0. The van der Waals surface area contributed by atoms with Gasteiger partial charge in [0, 0.05) is 12.8 Å². The molecule has 9 heteroatoms. The van der Waals surface area contributed by atoms with Crippen molar-refractivity contribution >= 4 is 19.8 Å². The quantitative estimate of drug-likeness (QED) is 0.0275. The minimum atomic E-state index is -4.76. The van der Waals surface area contributed by atoms with Gasteiger partial charge in [-0.05, 0) is 70.6 Å². The van der Waals surface area contributed by atoms with Gasteiger partial charge in [0.25, 0.3) is 0 Å². The van der Waals surface area contributed by atoms with Crippen molar-refractivity contribution in [2.24, 2.45) is 0 Å². The standard InChI is InChI=1S/C43H79O8P/c1-3-5-7-9-11-13-15-17-19-21-23-25-27-29-31-33-35-37-42(44)49-39-41(40-50-52(46,47)48)51-43(45)38-36-34-32-30-28-26-24-22-20-18-16-14-12-10-8-6-4-2/h12-15,18,20,41H,3-11,16-17,19,21-40H2,1-2H3,(H2,46,47,48)/b14-12+,15-13+,20-18+/t41-/m1/s1. The fraction of sp³-hybridized carbons (Fsp3) is 0.814. The molecule has 0 radical (unpaired) electrons. The zero-order valence-corrected chi connectivity index (χ0v) is 34.4. The number of ether oxygens (including phenoxy) is 2. The minimum Gasteiger partial charge on any atom is -0.462 e. The van der Waals surface area contributed by atoms with E-state index in [1.54, 1.807) is 0 Å². The van der Waals surface area contributed by atoms with Gasteiger partial charge in [-0.1, -0.05) is 159 Å². The molecule has 0 bridgehead atoms. The monoisotopic (exact) mass is 755 g/mol. The number of carbonyl (C=O) groups excluding carboxylic acids is 2. The number of carbonyl (C=O) groups is 2. The van der Waals surface area contributed by atoms with Gasteiger partial charge < -0.3 is 19.3 Å². The van der Waals surface area contributed by atoms with Crippen LogP contribution in [0.5, 0.6) is 0 Å². The predicted octanol–water partition coefficient (Wildman–Crippen LogP) is 13.0. The molecule has 0 saturated heterocycles. The molecule has 304 valence electrons. The van der Waals surface area contributed by atoms with Crippen molar-refractivity contribution in [1.29, 1.82) is 0 Å². The Bertz CT molecular complexity index is 941. The maximum atomic E-state index is 12.4. The Balaban J connectivity index is 3.92. The van der Waals surface area contributed by atoms with E-state index in [4.69, 9.17) is 19.3 Å². The van der Waals surface area contributed by atoms with Crippen molar-refractivity contribution in [3.05, 3.63) is 36.5 Å². The van der Waals surface area contributed by atoms with Crippen LogP contribution >= 0.6 is 7.82 Å². The molecular formula is C43H79O8P.